The van der Waals surface area contributed by atoms with Crippen LogP contribution in [-0.4, -0.2) is 78.1 Å². The molecule has 0 radical (unpaired) electrons. The quantitative estimate of drug-likeness (QED) is 0.390. The number of urea groups is 1. The van der Waals surface area contributed by atoms with Crippen LogP contribution < -0.4 is 9.47 Å². The lowest BCUT2D eigenvalue weighted by Gasteiger charge is -2.33. The number of ether oxygens (including phenoxy) is 2. The number of carboxylic acids is 1. The van der Waals surface area contributed by atoms with Gasteiger partial charge < -0.3 is 19.5 Å². The third-order valence-electron chi connectivity index (χ3n) is 6.37. The minimum Gasteiger partial charge on any atom is -0.493 e. The molecular formula is C28H36ClN3O6. The highest BCUT2D eigenvalue weighted by molar-refractivity contribution is 6.30. The van der Waals surface area contributed by atoms with Gasteiger partial charge in [0.25, 0.3) is 0 Å². The maximum atomic E-state index is 12.3. The number of benzene rings is 2. The molecule has 1 atom stereocenters. The molecule has 2 aromatic carbocycles. The van der Waals surface area contributed by atoms with Crippen molar-refractivity contribution in [3.63, 3.8) is 0 Å². The molecule has 3 rings (SSSR count). The summed E-state index contributed by atoms with van der Waals surface area (Å²) in [4.78, 5) is 41.0. The van der Waals surface area contributed by atoms with Crippen molar-refractivity contribution in [1.29, 1.82) is 0 Å². The molecule has 38 heavy (non-hydrogen) atoms. The highest BCUT2D eigenvalue weighted by Crippen LogP contribution is 2.32. The van der Waals surface area contributed by atoms with E-state index >= 15 is 0 Å². The summed E-state index contributed by atoms with van der Waals surface area (Å²) in [6, 6.07) is 12.2. The van der Waals surface area contributed by atoms with E-state index < -0.39 is 5.97 Å². The van der Waals surface area contributed by atoms with Crippen molar-refractivity contribution in [3.8, 4) is 11.5 Å². The fourth-order valence-corrected chi connectivity index (χ4v) is 4.64. The Morgan fingerprint density at radius 2 is 1.84 bits per heavy atom. The number of halogens is 1. The largest absolute Gasteiger partial charge is 0.493 e. The Kier molecular flexibility index (Phi) is 10.4. The van der Waals surface area contributed by atoms with Gasteiger partial charge in [-0.1, -0.05) is 43.6 Å². The fourth-order valence-electron chi connectivity index (χ4n) is 4.52. The van der Waals surface area contributed by atoms with Gasteiger partial charge in [0.2, 0.25) is 5.91 Å². The second-order valence-corrected chi connectivity index (χ2v) is 10.3. The van der Waals surface area contributed by atoms with Crippen LogP contribution in [0.1, 0.15) is 43.9 Å². The first-order valence-electron chi connectivity index (χ1n) is 12.7. The van der Waals surface area contributed by atoms with Crippen molar-refractivity contribution in [3.05, 3.63) is 58.6 Å². The number of hydrogen-bond donors (Lipinski definition) is 1. The van der Waals surface area contributed by atoms with Crippen LogP contribution >= 0.6 is 11.6 Å². The molecule has 0 saturated carbocycles. The standard InChI is InChI=1S/C28H36ClN3O6/c1-19(2)17-31(23(16-27(34)35)21-6-8-22(29)9-7-21)18-20-5-10-24(25(15-20)37-4)38-14-13-32-26(33)11-12-30(3)28(32)36/h5-10,15,19,23H,11-14,16-18H2,1-4H3,(H,34,35). The van der Waals surface area contributed by atoms with E-state index in [0.717, 1.165) is 11.1 Å². The van der Waals surface area contributed by atoms with E-state index in [1.807, 2.05) is 24.3 Å². The smallest absolute Gasteiger partial charge is 0.326 e. The van der Waals surface area contributed by atoms with E-state index in [4.69, 9.17) is 21.1 Å². The summed E-state index contributed by atoms with van der Waals surface area (Å²) >= 11 is 6.07. The normalized spacial score (nSPS) is 14.8. The summed E-state index contributed by atoms with van der Waals surface area (Å²) in [5, 5.41) is 10.3. The van der Waals surface area contributed by atoms with E-state index in [9.17, 15) is 19.5 Å². The maximum Gasteiger partial charge on any atom is 0.326 e. The zero-order valence-corrected chi connectivity index (χ0v) is 23.1. The second kappa shape index (κ2) is 13.5. The molecule has 1 fully saturated rings. The Morgan fingerprint density at radius 1 is 1.13 bits per heavy atom. The van der Waals surface area contributed by atoms with Crippen LogP contribution in [0.15, 0.2) is 42.5 Å². The van der Waals surface area contributed by atoms with Gasteiger partial charge in [0, 0.05) is 44.2 Å². The first-order chi connectivity index (χ1) is 18.1. The second-order valence-electron chi connectivity index (χ2n) is 9.82. The Morgan fingerprint density at radius 3 is 2.47 bits per heavy atom. The number of aliphatic carboxylic acids is 1. The average molecular weight is 546 g/mol. The van der Waals surface area contributed by atoms with Gasteiger partial charge >= 0.3 is 12.0 Å². The van der Waals surface area contributed by atoms with E-state index in [2.05, 4.69) is 18.7 Å². The molecule has 1 unspecified atom stereocenters. The molecule has 0 aromatic heterocycles. The Bertz CT molecular complexity index is 1120. The molecule has 1 aliphatic rings. The van der Waals surface area contributed by atoms with Crippen LogP contribution in [-0.2, 0) is 16.1 Å². The van der Waals surface area contributed by atoms with Crippen LogP contribution in [0.5, 0.6) is 11.5 Å². The van der Waals surface area contributed by atoms with Gasteiger partial charge in [-0.2, -0.15) is 0 Å². The molecule has 2 aromatic rings. The Balaban J connectivity index is 1.76. The minimum atomic E-state index is -0.878. The van der Waals surface area contributed by atoms with Gasteiger partial charge in [0.05, 0.1) is 20.1 Å². The van der Waals surface area contributed by atoms with Crippen LogP contribution in [0.2, 0.25) is 5.02 Å². The summed E-state index contributed by atoms with van der Waals surface area (Å²) in [6.45, 7) is 6.08. The van der Waals surface area contributed by atoms with Crippen LogP contribution in [0.3, 0.4) is 0 Å². The molecule has 3 amide bonds. The number of hydrogen-bond acceptors (Lipinski definition) is 6. The molecule has 206 valence electrons. The lowest BCUT2D eigenvalue weighted by molar-refractivity contribution is -0.138. The predicted octanol–water partition coefficient (Wildman–Crippen LogP) is 4.69. The lowest BCUT2D eigenvalue weighted by Crippen LogP contribution is -2.51. The van der Waals surface area contributed by atoms with Gasteiger partial charge in [-0.3, -0.25) is 19.4 Å². The zero-order valence-electron chi connectivity index (χ0n) is 22.4. The van der Waals surface area contributed by atoms with Crippen molar-refractivity contribution >= 4 is 29.5 Å². The third-order valence-corrected chi connectivity index (χ3v) is 6.62. The van der Waals surface area contributed by atoms with Gasteiger partial charge in [0.15, 0.2) is 11.5 Å². The zero-order chi connectivity index (χ0) is 27.8. The first kappa shape index (κ1) is 29.3. The number of nitrogens with zero attached hydrogens (tertiary/aromatic N) is 3. The van der Waals surface area contributed by atoms with Crippen molar-refractivity contribution < 1.29 is 29.0 Å². The number of rotatable bonds is 13. The number of carbonyl (C=O) groups excluding carboxylic acids is 2. The maximum absolute atomic E-state index is 12.3. The molecule has 1 saturated heterocycles. The molecule has 1 aliphatic heterocycles. The number of amides is 3. The van der Waals surface area contributed by atoms with Crippen molar-refractivity contribution in [1.82, 2.24) is 14.7 Å². The Labute approximate surface area is 228 Å². The number of imide groups is 1. The molecule has 0 spiro atoms. The average Bonchev–Trinajstić information content (AvgIpc) is 2.87. The highest BCUT2D eigenvalue weighted by atomic mass is 35.5. The highest BCUT2D eigenvalue weighted by Gasteiger charge is 2.29. The molecule has 9 nitrogen and oxygen atoms in total. The van der Waals surface area contributed by atoms with Crippen molar-refractivity contribution in [2.75, 3.05) is 40.4 Å². The molecule has 10 heteroatoms. The minimum absolute atomic E-state index is 0.0458. The van der Waals surface area contributed by atoms with E-state index in [0.29, 0.717) is 48.5 Å². The molecule has 0 aliphatic carbocycles. The van der Waals surface area contributed by atoms with Gasteiger partial charge in [-0.25, -0.2) is 4.79 Å². The molecule has 1 N–H and O–H groups in total. The van der Waals surface area contributed by atoms with Gasteiger partial charge in [-0.15, -0.1) is 0 Å². The SMILES string of the molecule is COc1cc(CN(CC(C)C)C(CC(=O)O)c2ccc(Cl)cc2)ccc1OCCN1C(=O)CCN(C)C1=O. The Hall–Kier alpha value is -3.30. The fraction of sp³-hybridized carbons (Fsp3) is 0.464. The van der Waals surface area contributed by atoms with Gasteiger partial charge in [0.1, 0.15) is 6.61 Å². The molecule has 0 bridgehead atoms. The molecule has 1 heterocycles. The number of carbonyl (C=O) groups is 3. The van der Waals surface area contributed by atoms with E-state index in [1.54, 1.807) is 32.4 Å². The lowest BCUT2D eigenvalue weighted by atomic mass is 9.99. The first-order valence-corrected chi connectivity index (χ1v) is 13.0. The van der Waals surface area contributed by atoms with E-state index in [-0.39, 0.29) is 37.6 Å². The summed E-state index contributed by atoms with van der Waals surface area (Å²) in [5.74, 6) is 0.235. The van der Waals surface area contributed by atoms with Crippen LogP contribution in [0, 0.1) is 5.92 Å². The summed E-state index contributed by atoms with van der Waals surface area (Å²) in [7, 11) is 3.21. The summed E-state index contributed by atoms with van der Waals surface area (Å²) < 4.78 is 11.4. The monoisotopic (exact) mass is 545 g/mol. The topological polar surface area (TPSA) is 99.6 Å². The third kappa shape index (κ3) is 7.85. The summed E-state index contributed by atoms with van der Waals surface area (Å²) in [5.41, 5.74) is 1.82. The van der Waals surface area contributed by atoms with Crippen molar-refractivity contribution in [2.24, 2.45) is 5.92 Å². The predicted molar refractivity (Wildman–Crippen MR) is 145 cm³/mol. The number of methoxy groups -OCH3 is 1. The summed E-state index contributed by atoms with van der Waals surface area (Å²) in [6.07, 6.45) is 0.252. The van der Waals surface area contributed by atoms with Crippen LogP contribution in [0.25, 0.3) is 0 Å². The van der Waals surface area contributed by atoms with Crippen LogP contribution in [0.4, 0.5) is 4.79 Å². The van der Waals surface area contributed by atoms with Crippen molar-refractivity contribution in [2.45, 2.75) is 39.3 Å². The van der Waals surface area contributed by atoms with Gasteiger partial charge in [-0.05, 0) is 41.3 Å². The molecular weight excluding hydrogens is 510 g/mol. The number of carboxylic acid groups (broad SMARTS) is 1. The van der Waals surface area contributed by atoms with E-state index in [1.165, 1.54) is 9.80 Å².